The third-order valence-electron chi connectivity index (χ3n) is 9.12. The second-order valence-electron chi connectivity index (χ2n) is 10.7. The molecule has 4 rings (SSSR count). The highest BCUT2D eigenvalue weighted by atomic mass is 32.1. The molecule has 0 saturated carbocycles. The van der Waals surface area contributed by atoms with Gasteiger partial charge in [0.05, 0.1) is 47.9 Å². The highest BCUT2D eigenvalue weighted by molar-refractivity contribution is 7.26. The predicted octanol–water partition coefficient (Wildman–Crippen LogP) is 9.93. The van der Waals surface area contributed by atoms with Gasteiger partial charge >= 0.3 is 0 Å². The van der Waals surface area contributed by atoms with E-state index in [4.69, 9.17) is 18.9 Å². The molecule has 0 amide bonds. The van der Waals surface area contributed by atoms with Crippen LogP contribution in [0.15, 0.2) is 0 Å². The number of rotatable bonds is 7. The van der Waals surface area contributed by atoms with Gasteiger partial charge in [-0.1, -0.05) is 0 Å². The monoisotopic (exact) mass is 578 g/mol. The van der Waals surface area contributed by atoms with Crippen LogP contribution < -0.4 is 18.9 Å². The van der Waals surface area contributed by atoms with Crippen LogP contribution in [0.3, 0.4) is 0 Å². The van der Waals surface area contributed by atoms with Crippen LogP contribution in [0, 0.1) is 69.2 Å². The summed E-state index contributed by atoms with van der Waals surface area (Å²) in [6.07, 6.45) is 0. The lowest BCUT2D eigenvalue weighted by molar-refractivity contribution is 0.356. The third-order valence-corrected chi connectivity index (χ3v) is 11.6. The molecule has 2 heterocycles. The van der Waals surface area contributed by atoms with Gasteiger partial charge in [0, 0.05) is 11.1 Å². The molecule has 0 atom stereocenters. The van der Waals surface area contributed by atoms with Crippen molar-refractivity contribution in [1.82, 2.24) is 0 Å². The molecule has 40 heavy (non-hydrogen) atoms. The van der Waals surface area contributed by atoms with Crippen molar-refractivity contribution in [2.75, 3.05) is 28.4 Å². The van der Waals surface area contributed by atoms with Gasteiger partial charge in [-0.25, -0.2) is 0 Å². The second-order valence-corrected chi connectivity index (χ2v) is 12.7. The molecule has 0 N–H and O–H groups in total. The van der Waals surface area contributed by atoms with E-state index >= 15 is 0 Å². The SMILES string of the molecule is COc1c(-c2sc(-c3c(C)c(C)c(C)c(C)c3C)c(OC)c2OC)sc(-c2c(C)c(C)c(C)c(C)c2C)c1OC. The number of methoxy groups -OCH3 is 4. The maximum absolute atomic E-state index is 6.07. The van der Waals surface area contributed by atoms with Crippen LogP contribution in [-0.2, 0) is 0 Å². The van der Waals surface area contributed by atoms with Crippen LogP contribution >= 0.6 is 22.7 Å². The van der Waals surface area contributed by atoms with Gasteiger partial charge in [0.2, 0.25) is 0 Å². The summed E-state index contributed by atoms with van der Waals surface area (Å²) in [6, 6.07) is 0. The molecule has 214 valence electrons. The zero-order valence-electron chi connectivity index (χ0n) is 26.4. The number of hydrogen-bond acceptors (Lipinski definition) is 6. The van der Waals surface area contributed by atoms with Crippen molar-refractivity contribution in [2.24, 2.45) is 0 Å². The summed E-state index contributed by atoms with van der Waals surface area (Å²) >= 11 is 3.38. The first-order valence-electron chi connectivity index (χ1n) is 13.5. The maximum atomic E-state index is 6.07. The lowest BCUT2D eigenvalue weighted by atomic mass is 9.88. The molecule has 4 nitrogen and oxygen atoms in total. The van der Waals surface area contributed by atoms with Crippen LogP contribution in [0.4, 0.5) is 0 Å². The van der Waals surface area contributed by atoms with Crippen LogP contribution in [0.25, 0.3) is 30.6 Å². The van der Waals surface area contributed by atoms with Crippen LogP contribution in [0.5, 0.6) is 23.0 Å². The average molecular weight is 579 g/mol. The van der Waals surface area contributed by atoms with E-state index in [-0.39, 0.29) is 0 Å². The van der Waals surface area contributed by atoms with E-state index < -0.39 is 0 Å². The Kier molecular flexibility index (Phi) is 8.35. The minimum Gasteiger partial charge on any atom is -0.491 e. The molecule has 2 aromatic heterocycles. The first-order chi connectivity index (χ1) is 18.9. The number of benzene rings is 2. The smallest absolute Gasteiger partial charge is 0.181 e. The van der Waals surface area contributed by atoms with Gasteiger partial charge in [-0.2, -0.15) is 0 Å². The highest BCUT2D eigenvalue weighted by Gasteiger charge is 2.32. The third kappa shape index (κ3) is 4.31. The average Bonchev–Trinajstić information content (AvgIpc) is 3.50. The fraction of sp³-hybridized carbons (Fsp3) is 0.412. The molecule has 0 saturated heterocycles. The Bertz CT molecular complexity index is 1460. The van der Waals surface area contributed by atoms with Crippen molar-refractivity contribution in [3.63, 3.8) is 0 Å². The molecule has 2 aromatic carbocycles. The van der Waals surface area contributed by atoms with Gasteiger partial charge in [0.25, 0.3) is 0 Å². The van der Waals surface area contributed by atoms with E-state index in [0.717, 1.165) is 42.5 Å². The molecule has 0 aliphatic heterocycles. The molecular formula is C34H42O4S2. The topological polar surface area (TPSA) is 36.9 Å². The fourth-order valence-corrected chi connectivity index (χ4v) is 8.77. The van der Waals surface area contributed by atoms with Gasteiger partial charge in [-0.05, 0) is 125 Å². The summed E-state index contributed by atoms with van der Waals surface area (Å²) in [5.74, 6) is 2.94. The summed E-state index contributed by atoms with van der Waals surface area (Å²) in [7, 11) is 6.86. The predicted molar refractivity (Wildman–Crippen MR) is 172 cm³/mol. The molecule has 0 aliphatic rings. The fourth-order valence-electron chi connectivity index (χ4n) is 5.85. The summed E-state index contributed by atoms with van der Waals surface area (Å²) in [5, 5.41) is 0. The Morgan fingerprint density at radius 3 is 0.725 bits per heavy atom. The summed E-state index contributed by atoms with van der Waals surface area (Å²) in [4.78, 5) is 4.10. The second kappa shape index (κ2) is 11.1. The Hall–Kier alpha value is -2.96. The van der Waals surface area contributed by atoms with E-state index in [1.165, 1.54) is 66.8 Å². The van der Waals surface area contributed by atoms with Crippen LogP contribution in [0.1, 0.15) is 55.6 Å². The molecule has 0 radical (unpaired) electrons. The lowest BCUT2D eigenvalue weighted by Crippen LogP contribution is -1.99. The van der Waals surface area contributed by atoms with Crippen molar-refractivity contribution in [1.29, 1.82) is 0 Å². The summed E-state index contributed by atoms with van der Waals surface area (Å²) in [6.45, 7) is 22.0. The summed E-state index contributed by atoms with van der Waals surface area (Å²) < 4.78 is 24.3. The first kappa shape index (κ1) is 30.0. The van der Waals surface area contributed by atoms with Gasteiger partial charge in [-0.3, -0.25) is 0 Å². The van der Waals surface area contributed by atoms with Crippen LogP contribution in [0.2, 0.25) is 0 Å². The van der Waals surface area contributed by atoms with Gasteiger partial charge in [0.1, 0.15) is 0 Å². The van der Waals surface area contributed by atoms with E-state index in [0.29, 0.717) is 0 Å². The minimum atomic E-state index is 0.718. The first-order valence-corrected chi connectivity index (χ1v) is 15.1. The Balaban J connectivity index is 2.11. The molecule has 6 heteroatoms. The molecule has 0 unspecified atom stereocenters. The van der Waals surface area contributed by atoms with Gasteiger partial charge < -0.3 is 18.9 Å². The zero-order valence-corrected chi connectivity index (χ0v) is 28.1. The van der Waals surface area contributed by atoms with Crippen molar-refractivity contribution < 1.29 is 18.9 Å². The van der Waals surface area contributed by atoms with E-state index in [2.05, 4.69) is 69.2 Å². The number of thiophene rings is 2. The molecule has 0 aliphatic carbocycles. The van der Waals surface area contributed by atoms with Crippen molar-refractivity contribution in [2.45, 2.75) is 69.2 Å². The normalized spacial score (nSPS) is 11.2. The molecule has 0 bridgehead atoms. The highest BCUT2D eigenvalue weighted by Crippen LogP contribution is 2.61. The molecular weight excluding hydrogens is 537 g/mol. The Morgan fingerprint density at radius 1 is 0.300 bits per heavy atom. The molecule has 4 aromatic rings. The Morgan fingerprint density at radius 2 is 0.500 bits per heavy atom. The lowest BCUT2D eigenvalue weighted by Gasteiger charge is -2.18. The van der Waals surface area contributed by atoms with Gasteiger partial charge in [-0.15, -0.1) is 22.7 Å². The van der Waals surface area contributed by atoms with E-state index in [1.807, 2.05) is 0 Å². The van der Waals surface area contributed by atoms with Crippen LogP contribution in [-0.4, -0.2) is 28.4 Å². The standard InChI is InChI=1S/C34H42O4S2/c1-15-17(3)21(7)25(22(8)18(15)4)31-27(35-11)29(37-13)33(39-31)34-30(38-14)28(36-12)32(40-34)26-23(9)19(5)16(2)20(6)24(26)10/h1-14H3. The minimum absolute atomic E-state index is 0.718. The zero-order chi connectivity index (χ0) is 29.8. The van der Waals surface area contributed by atoms with Crippen molar-refractivity contribution in [3.8, 4) is 53.6 Å². The summed E-state index contributed by atoms with van der Waals surface area (Å²) in [5.41, 5.74) is 15.4. The number of ether oxygens (including phenoxy) is 4. The molecule has 0 fully saturated rings. The quantitative estimate of drug-likeness (QED) is 0.219. The Labute approximate surface area is 247 Å². The maximum Gasteiger partial charge on any atom is 0.181 e. The van der Waals surface area contributed by atoms with E-state index in [9.17, 15) is 0 Å². The number of hydrogen-bond donors (Lipinski definition) is 0. The van der Waals surface area contributed by atoms with Gasteiger partial charge in [0.15, 0.2) is 23.0 Å². The van der Waals surface area contributed by atoms with Crippen molar-refractivity contribution >= 4 is 22.7 Å². The van der Waals surface area contributed by atoms with Crippen molar-refractivity contribution in [3.05, 3.63) is 55.6 Å². The van der Waals surface area contributed by atoms with E-state index in [1.54, 1.807) is 51.1 Å². The largest absolute Gasteiger partial charge is 0.491 e. The molecule has 0 spiro atoms.